The monoisotopic (exact) mass is 500 g/mol. The van der Waals surface area contributed by atoms with Crippen molar-refractivity contribution < 1.29 is 16.8 Å². The Hall–Kier alpha value is -3.38. The first kappa shape index (κ1) is 23.8. The van der Waals surface area contributed by atoms with E-state index in [0.717, 1.165) is 23.6 Å². The molecule has 2 heterocycles. The van der Waals surface area contributed by atoms with E-state index in [1.807, 2.05) is 50.2 Å². The lowest BCUT2D eigenvalue weighted by Crippen LogP contribution is -2.14. The zero-order valence-corrected chi connectivity index (χ0v) is 20.8. The predicted molar refractivity (Wildman–Crippen MR) is 126 cm³/mol. The van der Waals surface area contributed by atoms with E-state index in [9.17, 15) is 16.8 Å². The summed E-state index contributed by atoms with van der Waals surface area (Å²) >= 11 is 0. The third-order valence-corrected chi connectivity index (χ3v) is 7.20. The topological polar surface area (TPSA) is 130 Å². The molecule has 0 spiro atoms. The molecule has 0 aliphatic heterocycles. The van der Waals surface area contributed by atoms with Crippen LogP contribution in [-0.4, -0.2) is 58.9 Å². The number of aromatic nitrogens is 6. The number of nitrogens with zero attached hydrogens (tertiary/aromatic N) is 6. The molecule has 0 fully saturated rings. The van der Waals surface area contributed by atoms with Crippen LogP contribution in [0.1, 0.15) is 22.8 Å². The van der Waals surface area contributed by atoms with Gasteiger partial charge >= 0.3 is 0 Å². The lowest BCUT2D eigenvalue weighted by molar-refractivity contribution is 0.586. The molecule has 0 aliphatic rings. The molecule has 4 rings (SSSR count). The van der Waals surface area contributed by atoms with Crippen LogP contribution in [0.4, 0.5) is 0 Å². The van der Waals surface area contributed by atoms with E-state index in [1.54, 1.807) is 12.1 Å². The molecule has 0 N–H and O–H groups in total. The minimum atomic E-state index is -3.66. The van der Waals surface area contributed by atoms with Crippen LogP contribution in [0.3, 0.4) is 0 Å². The molecule has 0 bridgehead atoms. The minimum absolute atomic E-state index is 0.158. The molecule has 10 nitrogen and oxygen atoms in total. The van der Waals surface area contributed by atoms with E-state index in [4.69, 9.17) is 0 Å². The number of rotatable bonds is 7. The second-order valence-electron chi connectivity index (χ2n) is 8.09. The summed E-state index contributed by atoms with van der Waals surface area (Å²) in [5, 5.41) is 15.9. The number of sulfone groups is 2. The SMILES string of the molecule is Cc1ccccc1-n1c(CCc2nnc(S(C)(=O)=O)n2-c2ccccc2C)nnc1S(C)(=O)=O. The maximum atomic E-state index is 12.4. The quantitative estimate of drug-likeness (QED) is 0.377. The molecular formula is C22H24N6O4S2. The summed E-state index contributed by atoms with van der Waals surface area (Å²) in [5.74, 6) is 0.824. The third-order valence-electron chi connectivity index (χ3n) is 5.35. The average molecular weight is 501 g/mol. The smallest absolute Gasteiger partial charge is 0.254 e. The predicted octanol–water partition coefficient (Wildman–Crippen LogP) is 2.06. The molecule has 12 heteroatoms. The maximum Gasteiger partial charge on any atom is 0.254 e. The highest BCUT2D eigenvalue weighted by molar-refractivity contribution is 7.90. The molecule has 4 aromatic rings. The maximum absolute atomic E-state index is 12.4. The van der Waals surface area contributed by atoms with Gasteiger partial charge in [-0.2, -0.15) is 0 Å². The third kappa shape index (κ3) is 4.50. The van der Waals surface area contributed by atoms with Gasteiger partial charge in [0.15, 0.2) is 0 Å². The molecule has 0 radical (unpaired) electrons. The lowest BCUT2D eigenvalue weighted by atomic mass is 10.2. The zero-order chi connectivity index (χ0) is 24.7. The normalized spacial score (nSPS) is 12.2. The van der Waals surface area contributed by atoms with Gasteiger partial charge in [0.2, 0.25) is 19.7 Å². The van der Waals surface area contributed by atoms with Gasteiger partial charge in [-0.1, -0.05) is 36.4 Å². The first-order valence-electron chi connectivity index (χ1n) is 10.4. The van der Waals surface area contributed by atoms with Crippen molar-refractivity contribution in [3.8, 4) is 11.4 Å². The fourth-order valence-electron chi connectivity index (χ4n) is 3.74. The summed E-state index contributed by atoms with van der Waals surface area (Å²) in [6, 6.07) is 14.7. The molecule has 0 saturated heterocycles. The highest BCUT2D eigenvalue weighted by Crippen LogP contribution is 2.24. The van der Waals surface area contributed by atoms with E-state index in [-0.39, 0.29) is 23.2 Å². The Bertz CT molecular complexity index is 1470. The van der Waals surface area contributed by atoms with Gasteiger partial charge in [-0.3, -0.25) is 9.13 Å². The second-order valence-corrected chi connectivity index (χ2v) is 11.9. The second kappa shape index (κ2) is 8.76. The highest BCUT2D eigenvalue weighted by atomic mass is 32.2. The first-order valence-corrected chi connectivity index (χ1v) is 14.2. The Balaban J connectivity index is 1.81. The summed E-state index contributed by atoms with van der Waals surface area (Å²) in [5.41, 5.74) is 3.02. The fraction of sp³-hybridized carbons (Fsp3) is 0.273. The number of benzene rings is 2. The van der Waals surface area contributed by atoms with Gasteiger partial charge in [0, 0.05) is 25.4 Å². The zero-order valence-electron chi connectivity index (χ0n) is 19.2. The minimum Gasteiger partial charge on any atom is -0.270 e. The van der Waals surface area contributed by atoms with Crippen LogP contribution in [0.15, 0.2) is 58.8 Å². The summed E-state index contributed by atoms with van der Waals surface area (Å²) in [6.45, 7) is 3.75. The molecule has 2 aromatic heterocycles. The van der Waals surface area contributed by atoms with Crippen LogP contribution in [-0.2, 0) is 32.5 Å². The molecule has 0 saturated carbocycles. The standard InChI is InChI=1S/C22H24N6O4S2/c1-15-9-5-7-11-17(15)27-19(23-25-21(27)33(3,29)30)13-14-20-24-26-22(34(4,31)32)28(20)18-12-8-6-10-16(18)2/h5-12H,13-14H2,1-4H3. The molecule has 2 aromatic carbocycles. The van der Waals surface area contributed by atoms with E-state index < -0.39 is 19.7 Å². The van der Waals surface area contributed by atoms with Crippen molar-refractivity contribution >= 4 is 19.7 Å². The van der Waals surface area contributed by atoms with E-state index >= 15 is 0 Å². The van der Waals surface area contributed by atoms with Crippen LogP contribution in [0.25, 0.3) is 11.4 Å². The lowest BCUT2D eigenvalue weighted by Gasteiger charge is -2.13. The van der Waals surface area contributed by atoms with Crippen LogP contribution >= 0.6 is 0 Å². The van der Waals surface area contributed by atoms with Crippen LogP contribution < -0.4 is 0 Å². The van der Waals surface area contributed by atoms with Crippen LogP contribution in [0.2, 0.25) is 0 Å². The van der Waals surface area contributed by atoms with Gasteiger partial charge in [0.25, 0.3) is 10.3 Å². The molecular weight excluding hydrogens is 476 g/mol. The molecule has 0 unspecified atom stereocenters. The van der Waals surface area contributed by atoms with Gasteiger partial charge < -0.3 is 0 Å². The number of aryl methyl sites for hydroxylation is 4. The average Bonchev–Trinajstić information content (AvgIpc) is 3.37. The summed E-state index contributed by atoms with van der Waals surface area (Å²) in [7, 11) is -7.31. The van der Waals surface area contributed by atoms with Gasteiger partial charge in [-0.05, 0) is 37.1 Å². The van der Waals surface area contributed by atoms with Crippen molar-refractivity contribution in [3.05, 3.63) is 71.3 Å². The number of hydrogen-bond acceptors (Lipinski definition) is 8. The van der Waals surface area contributed by atoms with E-state index in [0.29, 0.717) is 23.0 Å². The summed E-state index contributed by atoms with van der Waals surface area (Å²) in [4.78, 5) is 0. The molecule has 0 amide bonds. The van der Waals surface area contributed by atoms with Gasteiger partial charge in [-0.15, -0.1) is 20.4 Å². The fourth-order valence-corrected chi connectivity index (χ4v) is 5.19. The molecule has 0 atom stereocenters. The highest BCUT2D eigenvalue weighted by Gasteiger charge is 2.25. The first-order chi connectivity index (χ1) is 16.0. The van der Waals surface area contributed by atoms with Crippen LogP contribution in [0.5, 0.6) is 0 Å². The summed E-state index contributed by atoms with van der Waals surface area (Å²) < 4.78 is 52.6. The largest absolute Gasteiger partial charge is 0.270 e. The van der Waals surface area contributed by atoms with Crippen molar-refractivity contribution in [1.82, 2.24) is 29.5 Å². The Morgan fingerprint density at radius 2 is 0.971 bits per heavy atom. The van der Waals surface area contributed by atoms with Gasteiger partial charge in [0.1, 0.15) is 11.6 Å². The van der Waals surface area contributed by atoms with Crippen LogP contribution in [0, 0.1) is 13.8 Å². The Labute approximate surface area is 198 Å². The van der Waals surface area contributed by atoms with Crippen molar-refractivity contribution in [3.63, 3.8) is 0 Å². The Morgan fingerprint density at radius 1 is 0.618 bits per heavy atom. The van der Waals surface area contributed by atoms with Crippen molar-refractivity contribution in [2.24, 2.45) is 0 Å². The van der Waals surface area contributed by atoms with Crippen molar-refractivity contribution in [2.45, 2.75) is 37.0 Å². The molecule has 0 aliphatic carbocycles. The molecule has 178 valence electrons. The Morgan fingerprint density at radius 3 is 1.29 bits per heavy atom. The molecule has 34 heavy (non-hydrogen) atoms. The van der Waals surface area contributed by atoms with E-state index in [2.05, 4.69) is 20.4 Å². The number of hydrogen-bond donors (Lipinski definition) is 0. The van der Waals surface area contributed by atoms with Crippen molar-refractivity contribution in [1.29, 1.82) is 0 Å². The summed E-state index contributed by atoms with van der Waals surface area (Å²) in [6.07, 6.45) is 2.68. The number of para-hydroxylation sites is 2. The van der Waals surface area contributed by atoms with Gasteiger partial charge in [-0.25, -0.2) is 16.8 Å². The van der Waals surface area contributed by atoms with E-state index in [1.165, 1.54) is 9.13 Å². The Kier molecular flexibility index (Phi) is 6.13. The van der Waals surface area contributed by atoms with Crippen molar-refractivity contribution in [2.75, 3.05) is 12.5 Å². The van der Waals surface area contributed by atoms with Gasteiger partial charge in [0.05, 0.1) is 11.4 Å².